The highest BCUT2D eigenvalue weighted by atomic mass is 16.6. The van der Waals surface area contributed by atoms with Crippen molar-refractivity contribution < 1.29 is 9.84 Å². The lowest BCUT2D eigenvalue weighted by Gasteiger charge is -2.36. The van der Waals surface area contributed by atoms with Gasteiger partial charge in [-0.2, -0.15) is 0 Å². The van der Waals surface area contributed by atoms with Crippen LogP contribution >= 0.6 is 0 Å². The van der Waals surface area contributed by atoms with Gasteiger partial charge in [0.1, 0.15) is 0 Å². The number of ether oxygens (including phenoxy) is 1. The average Bonchev–Trinajstić information content (AvgIpc) is 2.46. The summed E-state index contributed by atoms with van der Waals surface area (Å²) in [5.41, 5.74) is -0.318. The van der Waals surface area contributed by atoms with Crippen molar-refractivity contribution in [2.24, 2.45) is 0 Å². The Balaban J connectivity index is 1.81. The molecule has 0 radical (unpaired) electrons. The van der Waals surface area contributed by atoms with Crippen molar-refractivity contribution in [2.45, 2.75) is 37.4 Å². The van der Waals surface area contributed by atoms with Crippen molar-refractivity contribution in [2.75, 3.05) is 6.61 Å². The second-order valence-corrected chi connectivity index (χ2v) is 3.24. The first-order chi connectivity index (χ1) is 4.29. The Morgan fingerprint density at radius 3 is 2.56 bits per heavy atom. The standard InChI is InChI=1S/C7H12O2/c8-7(2-1-3-7)4-6-5-9-6/h6,8H,1-5H2/t6-/m1/s1. The van der Waals surface area contributed by atoms with E-state index in [1.54, 1.807) is 0 Å². The van der Waals surface area contributed by atoms with Gasteiger partial charge in [0, 0.05) is 6.42 Å². The fourth-order valence-electron chi connectivity index (χ4n) is 1.40. The molecule has 0 amide bonds. The quantitative estimate of drug-likeness (QED) is 0.555. The molecule has 2 heteroatoms. The van der Waals surface area contributed by atoms with Crippen LogP contribution in [0.1, 0.15) is 25.7 Å². The highest BCUT2D eigenvalue weighted by Crippen LogP contribution is 2.38. The first kappa shape index (κ1) is 5.69. The Morgan fingerprint density at radius 1 is 1.56 bits per heavy atom. The van der Waals surface area contributed by atoms with Gasteiger partial charge in [0.25, 0.3) is 0 Å². The van der Waals surface area contributed by atoms with Crippen LogP contribution in [0.15, 0.2) is 0 Å². The third kappa shape index (κ3) is 1.10. The fraction of sp³-hybridized carbons (Fsp3) is 1.00. The van der Waals surface area contributed by atoms with Crippen LogP contribution in [-0.2, 0) is 4.74 Å². The minimum absolute atomic E-state index is 0.318. The monoisotopic (exact) mass is 128 g/mol. The van der Waals surface area contributed by atoms with Crippen LogP contribution in [0.3, 0.4) is 0 Å². The van der Waals surface area contributed by atoms with Gasteiger partial charge in [-0.15, -0.1) is 0 Å². The molecule has 2 fully saturated rings. The molecule has 0 aromatic rings. The van der Waals surface area contributed by atoms with Crippen LogP contribution in [0.25, 0.3) is 0 Å². The largest absolute Gasteiger partial charge is 0.390 e. The third-order valence-electron chi connectivity index (χ3n) is 2.29. The molecule has 1 saturated heterocycles. The second-order valence-electron chi connectivity index (χ2n) is 3.24. The van der Waals surface area contributed by atoms with E-state index in [0.29, 0.717) is 6.10 Å². The maximum atomic E-state index is 9.54. The van der Waals surface area contributed by atoms with E-state index < -0.39 is 0 Å². The predicted octanol–water partition coefficient (Wildman–Crippen LogP) is 0.690. The second kappa shape index (κ2) is 1.70. The normalized spacial score (nSPS) is 37.7. The molecule has 9 heavy (non-hydrogen) atoms. The van der Waals surface area contributed by atoms with E-state index in [1.165, 1.54) is 6.42 Å². The molecule has 1 aliphatic carbocycles. The van der Waals surface area contributed by atoms with Gasteiger partial charge in [-0.3, -0.25) is 0 Å². The maximum Gasteiger partial charge on any atom is 0.0837 e. The Labute approximate surface area is 54.8 Å². The van der Waals surface area contributed by atoms with E-state index in [0.717, 1.165) is 25.9 Å². The molecule has 0 unspecified atom stereocenters. The lowest BCUT2D eigenvalue weighted by Crippen LogP contribution is -2.37. The summed E-state index contributed by atoms with van der Waals surface area (Å²) in [6.07, 6.45) is 4.46. The molecule has 1 N–H and O–H groups in total. The Hall–Kier alpha value is -0.0800. The summed E-state index contributed by atoms with van der Waals surface area (Å²) < 4.78 is 5.02. The van der Waals surface area contributed by atoms with Gasteiger partial charge in [-0.1, -0.05) is 0 Å². The van der Waals surface area contributed by atoms with Crippen LogP contribution in [0.5, 0.6) is 0 Å². The fourth-order valence-corrected chi connectivity index (χ4v) is 1.40. The minimum Gasteiger partial charge on any atom is -0.390 e. The molecule has 1 atom stereocenters. The Bertz CT molecular complexity index is 114. The van der Waals surface area contributed by atoms with E-state index in [2.05, 4.69) is 0 Å². The lowest BCUT2D eigenvalue weighted by molar-refractivity contribution is -0.0450. The summed E-state index contributed by atoms with van der Waals surface area (Å²) in [6.45, 7) is 0.877. The first-order valence-corrected chi connectivity index (χ1v) is 3.63. The summed E-state index contributed by atoms with van der Waals surface area (Å²) in [4.78, 5) is 0. The van der Waals surface area contributed by atoms with Gasteiger partial charge < -0.3 is 9.84 Å². The molecular weight excluding hydrogens is 116 g/mol. The van der Waals surface area contributed by atoms with Crippen molar-refractivity contribution in [1.82, 2.24) is 0 Å². The number of hydrogen-bond acceptors (Lipinski definition) is 2. The number of hydrogen-bond donors (Lipinski definition) is 1. The topological polar surface area (TPSA) is 32.8 Å². The summed E-state index contributed by atoms with van der Waals surface area (Å²) in [6, 6.07) is 0. The average molecular weight is 128 g/mol. The maximum absolute atomic E-state index is 9.54. The molecule has 2 aliphatic rings. The predicted molar refractivity (Wildman–Crippen MR) is 33.2 cm³/mol. The number of aliphatic hydroxyl groups is 1. The number of epoxide rings is 1. The van der Waals surface area contributed by atoms with E-state index >= 15 is 0 Å². The molecule has 0 spiro atoms. The molecule has 0 aromatic carbocycles. The van der Waals surface area contributed by atoms with Crippen LogP contribution in [-0.4, -0.2) is 23.4 Å². The van der Waals surface area contributed by atoms with Crippen molar-refractivity contribution in [3.8, 4) is 0 Å². The summed E-state index contributed by atoms with van der Waals surface area (Å²) >= 11 is 0. The van der Waals surface area contributed by atoms with Crippen LogP contribution in [0.4, 0.5) is 0 Å². The van der Waals surface area contributed by atoms with Gasteiger partial charge in [0.05, 0.1) is 18.3 Å². The van der Waals surface area contributed by atoms with Crippen LogP contribution in [0, 0.1) is 0 Å². The van der Waals surface area contributed by atoms with Crippen molar-refractivity contribution in [1.29, 1.82) is 0 Å². The summed E-state index contributed by atoms with van der Waals surface area (Å²) in [5.74, 6) is 0. The minimum atomic E-state index is -0.318. The molecule has 2 rings (SSSR count). The van der Waals surface area contributed by atoms with E-state index in [4.69, 9.17) is 4.74 Å². The molecular formula is C7H12O2. The van der Waals surface area contributed by atoms with Crippen LogP contribution < -0.4 is 0 Å². The molecule has 0 bridgehead atoms. The van der Waals surface area contributed by atoms with Crippen molar-refractivity contribution >= 4 is 0 Å². The van der Waals surface area contributed by atoms with Gasteiger partial charge in [0.2, 0.25) is 0 Å². The molecule has 2 nitrogen and oxygen atoms in total. The molecule has 1 aliphatic heterocycles. The zero-order valence-electron chi connectivity index (χ0n) is 5.47. The lowest BCUT2D eigenvalue weighted by atomic mass is 9.77. The van der Waals surface area contributed by atoms with Gasteiger partial charge in [-0.05, 0) is 19.3 Å². The molecule has 1 saturated carbocycles. The van der Waals surface area contributed by atoms with Gasteiger partial charge in [0.15, 0.2) is 0 Å². The number of rotatable bonds is 2. The first-order valence-electron chi connectivity index (χ1n) is 3.63. The smallest absolute Gasteiger partial charge is 0.0837 e. The SMILES string of the molecule is OC1(C[C@@H]2CO2)CCC1. The van der Waals surface area contributed by atoms with Gasteiger partial charge >= 0.3 is 0 Å². The highest BCUT2D eigenvalue weighted by molar-refractivity contribution is 4.92. The molecule has 52 valence electrons. The molecule has 1 heterocycles. The van der Waals surface area contributed by atoms with E-state index in [1.807, 2.05) is 0 Å². The van der Waals surface area contributed by atoms with Gasteiger partial charge in [-0.25, -0.2) is 0 Å². The third-order valence-corrected chi connectivity index (χ3v) is 2.29. The Kier molecular flexibility index (Phi) is 1.08. The highest BCUT2D eigenvalue weighted by Gasteiger charge is 2.40. The van der Waals surface area contributed by atoms with Crippen LogP contribution in [0.2, 0.25) is 0 Å². The zero-order valence-corrected chi connectivity index (χ0v) is 5.47. The van der Waals surface area contributed by atoms with E-state index in [-0.39, 0.29) is 5.60 Å². The zero-order chi connectivity index (χ0) is 6.32. The summed E-state index contributed by atoms with van der Waals surface area (Å²) in [7, 11) is 0. The Morgan fingerprint density at radius 2 is 2.22 bits per heavy atom. The van der Waals surface area contributed by atoms with Crippen molar-refractivity contribution in [3.63, 3.8) is 0 Å². The molecule has 0 aromatic heterocycles. The van der Waals surface area contributed by atoms with Crippen molar-refractivity contribution in [3.05, 3.63) is 0 Å². The summed E-state index contributed by atoms with van der Waals surface area (Å²) in [5, 5.41) is 9.54. The van der Waals surface area contributed by atoms with E-state index in [9.17, 15) is 5.11 Å².